The Kier molecular flexibility index (Phi) is 9.15. The molecule has 248 valence electrons. The summed E-state index contributed by atoms with van der Waals surface area (Å²) in [6.07, 6.45) is 4.66. The zero-order valence-corrected chi connectivity index (χ0v) is 27.4. The molecule has 2 fully saturated rings. The van der Waals surface area contributed by atoms with Gasteiger partial charge in [0.05, 0.1) is 23.5 Å². The van der Waals surface area contributed by atoms with Crippen LogP contribution in [-0.4, -0.2) is 86.1 Å². The predicted molar refractivity (Wildman–Crippen MR) is 180 cm³/mol. The average Bonchev–Trinajstić information content (AvgIpc) is 3.48. The number of hydrogen-bond acceptors (Lipinski definition) is 8. The topological polar surface area (TPSA) is 134 Å². The number of rotatable bonds is 8. The number of nitrogens with two attached hydrogens (primary N) is 1. The molecule has 0 spiro atoms. The number of hydrogen-bond donors (Lipinski definition) is 1. The molecule has 12 heteroatoms. The highest BCUT2D eigenvalue weighted by atomic mass is 19.1. The summed E-state index contributed by atoms with van der Waals surface area (Å²) in [6.45, 7) is 8.71. The standard InChI is InChI=1S/C36H39FN8O3/c1-4-42-17-18-44(23-31(42)46)36(2,3)20-24(21-38)35(47)43-16-8-9-25(22-43)45-30-14-15-40-34(39)32(30)33(41-45)28-13-12-27(19-29(28)37)48-26-10-6-5-7-11-26/h5-7,10-15,19-20,25H,4,8-9,16-18,22-23H2,1-3H3,(H2,39,40). The number of ether oxygens (including phenoxy) is 1. The van der Waals surface area contributed by atoms with Gasteiger partial charge in [0.1, 0.15) is 40.5 Å². The second kappa shape index (κ2) is 13.4. The van der Waals surface area contributed by atoms with Crippen LogP contribution in [0.5, 0.6) is 11.5 Å². The molecule has 0 bridgehead atoms. The number of halogens is 1. The van der Waals surface area contributed by atoms with Crippen molar-refractivity contribution in [1.29, 1.82) is 5.26 Å². The van der Waals surface area contributed by atoms with E-state index in [1.807, 2.05) is 43.9 Å². The Labute approximate surface area is 279 Å². The SMILES string of the molecule is CCN1CCN(C(C)(C)C=C(C#N)C(=O)N2CCCC(n3nc(-c4ccc(Oc5ccccc5)cc4F)c4c(N)nccc43)C2)CC1=O. The van der Waals surface area contributed by atoms with Crippen molar-refractivity contribution in [2.75, 3.05) is 45.0 Å². The second-order valence-electron chi connectivity index (χ2n) is 12.7. The number of anilines is 1. The highest BCUT2D eigenvalue weighted by Crippen LogP contribution is 2.37. The average molecular weight is 651 g/mol. The molecule has 0 radical (unpaired) electrons. The lowest BCUT2D eigenvalue weighted by molar-refractivity contribution is -0.137. The van der Waals surface area contributed by atoms with E-state index in [0.717, 1.165) is 6.42 Å². The van der Waals surface area contributed by atoms with E-state index in [9.17, 15) is 14.9 Å². The lowest BCUT2D eigenvalue weighted by Crippen LogP contribution is -2.56. The van der Waals surface area contributed by atoms with Crippen molar-refractivity contribution in [2.24, 2.45) is 0 Å². The van der Waals surface area contributed by atoms with E-state index in [0.29, 0.717) is 67.2 Å². The van der Waals surface area contributed by atoms with Crippen molar-refractivity contribution >= 4 is 28.5 Å². The zero-order chi connectivity index (χ0) is 34.0. The summed E-state index contributed by atoms with van der Waals surface area (Å²) in [5.74, 6) is 0.295. The molecule has 4 aromatic rings. The van der Waals surface area contributed by atoms with Crippen LogP contribution in [0.25, 0.3) is 22.2 Å². The summed E-state index contributed by atoms with van der Waals surface area (Å²) in [7, 11) is 0. The van der Waals surface area contributed by atoms with Crippen LogP contribution in [-0.2, 0) is 9.59 Å². The van der Waals surface area contributed by atoms with Gasteiger partial charge in [-0.2, -0.15) is 10.4 Å². The molecule has 2 aliphatic heterocycles. The van der Waals surface area contributed by atoms with Crippen LogP contribution in [0.2, 0.25) is 0 Å². The van der Waals surface area contributed by atoms with E-state index in [4.69, 9.17) is 15.6 Å². The number of nitriles is 1. The molecule has 1 unspecified atom stereocenters. The van der Waals surface area contributed by atoms with Gasteiger partial charge in [-0.05, 0) is 70.0 Å². The van der Waals surface area contributed by atoms with Gasteiger partial charge in [0.25, 0.3) is 5.91 Å². The number of fused-ring (bicyclic) bond motifs is 1. The molecular weight excluding hydrogens is 611 g/mol. The maximum absolute atomic E-state index is 15.7. The number of piperazine rings is 1. The number of benzene rings is 2. The summed E-state index contributed by atoms with van der Waals surface area (Å²) in [4.78, 5) is 36.1. The quantitative estimate of drug-likeness (QED) is 0.204. The molecule has 1 atom stereocenters. The molecule has 0 saturated carbocycles. The lowest BCUT2D eigenvalue weighted by atomic mass is 9.96. The molecule has 2 aromatic heterocycles. The van der Waals surface area contributed by atoms with Crippen LogP contribution in [0, 0.1) is 17.1 Å². The summed E-state index contributed by atoms with van der Waals surface area (Å²) < 4.78 is 23.3. The summed E-state index contributed by atoms with van der Waals surface area (Å²) in [5, 5.41) is 15.5. The first kappa shape index (κ1) is 32.7. The second-order valence-corrected chi connectivity index (χ2v) is 12.7. The first-order valence-electron chi connectivity index (χ1n) is 16.2. The fourth-order valence-electron chi connectivity index (χ4n) is 6.59. The summed E-state index contributed by atoms with van der Waals surface area (Å²) >= 11 is 0. The van der Waals surface area contributed by atoms with Crippen molar-refractivity contribution in [3.8, 4) is 28.8 Å². The van der Waals surface area contributed by atoms with E-state index in [2.05, 4.69) is 11.1 Å². The normalized spacial score (nSPS) is 17.9. The van der Waals surface area contributed by atoms with Crippen molar-refractivity contribution in [2.45, 2.75) is 45.2 Å². The number of piperidine rings is 1. The predicted octanol–water partition coefficient (Wildman–Crippen LogP) is 5.17. The molecule has 6 rings (SSSR count). The monoisotopic (exact) mass is 650 g/mol. The Bertz CT molecular complexity index is 1920. The number of nitrogens with zero attached hydrogens (tertiary/aromatic N) is 7. The van der Waals surface area contributed by atoms with E-state index < -0.39 is 11.4 Å². The van der Waals surface area contributed by atoms with Gasteiger partial charge in [0.15, 0.2) is 0 Å². The van der Waals surface area contributed by atoms with Gasteiger partial charge in [-0.1, -0.05) is 18.2 Å². The summed E-state index contributed by atoms with van der Waals surface area (Å²) in [6, 6.07) is 17.4. The molecule has 2 N–H and O–H groups in total. The zero-order valence-electron chi connectivity index (χ0n) is 27.4. The molecular formula is C36H39FN8O3. The van der Waals surface area contributed by atoms with Crippen molar-refractivity contribution in [3.05, 3.63) is 78.3 Å². The number of aromatic nitrogens is 3. The molecule has 4 heterocycles. The molecule has 2 aromatic carbocycles. The first-order chi connectivity index (χ1) is 23.1. The third-order valence-corrected chi connectivity index (χ3v) is 9.22. The van der Waals surface area contributed by atoms with Gasteiger partial charge in [-0.15, -0.1) is 0 Å². The van der Waals surface area contributed by atoms with E-state index in [1.54, 1.807) is 57.1 Å². The number of carbonyl (C=O) groups is 2. The van der Waals surface area contributed by atoms with Gasteiger partial charge >= 0.3 is 0 Å². The van der Waals surface area contributed by atoms with Crippen molar-refractivity contribution in [3.63, 3.8) is 0 Å². The maximum Gasteiger partial charge on any atom is 0.264 e. The molecule has 11 nitrogen and oxygen atoms in total. The number of carbonyl (C=O) groups excluding carboxylic acids is 2. The largest absolute Gasteiger partial charge is 0.457 e. The minimum absolute atomic E-state index is 0.0327. The Morgan fingerprint density at radius 3 is 2.65 bits per heavy atom. The molecule has 0 aliphatic carbocycles. The molecule has 2 aliphatic rings. The molecule has 2 amide bonds. The number of likely N-dealkylation sites (N-methyl/N-ethyl adjacent to an activating group) is 1. The highest BCUT2D eigenvalue weighted by Gasteiger charge is 2.35. The fourth-order valence-corrected chi connectivity index (χ4v) is 6.59. The number of amides is 2. The Morgan fingerprint density at radius 2 is 1.94 bits per heavy atom. The summed E-state index contributed by atoms with van der Waals surface area (Å²) in [5.41, 5.74) is 6.97. The van der Waals surface area contributed by atoms with Crippen LogP contribution in [0.4, 0.5) is 10.2 Å². The number of likely N-dealkylation sites (tertiary alicyclic amines) is 1. The fraction of sp³-hybridized carbons (Fsp3) is 0.361. The van der Waals surface area contributed by atoms with Crippen molar-refractivity contribution in [1.82, 2.24) is 29.5 Å². The maximum atomic E-state index is 15.7. The third kappa shape index (κ3) is 6.46. The number of nitrogen functional groups attached to an aromatic ring is 1. The van der Waals surface area contributed by atoms with Crippen LogP contribution in [0.1, 0.15) is 39.7 Å². The van der Waals surface area contributed by atoms with Crippen LogP contribution < -0.4 is 10.5 Å². The van der Waals surface area contributed by atoms with Gasteiger partial charge in [0.2, 0.25) is 5.91 Å². The first-order valence-corrected chi connectivity index (χ1v) is 16.2. The van der Waals surface area contributed by atoms with Crippen LogP contribution in [0.15, 0.2) is 72.4 Å². The van der Waals surface area contributed by atoms with E-state index in [1.165, 1.54) is 6.07 Å². The van der Waals surface area contributed by atoms with Crippen LogP contribution in [0.3, 0.4) is 0 Å². The van der Waals surface area contributed by atoms with E-state index >= 15 is 4.39 Å². The minimum Gasteiger partial charge on any atom is -0.457 e. The number of para-hydroxylation sites is 1. The van der Waals surface area contributed by atoms with Gasteiger partial charge in [-0.25, -0.2) is 9.37 Å². The highest BCUT2D eigenvalue weighted by molar-refractivity contribution is 6.00. The Hall–Kier alpha value is -5.28. The Morgan fingerprint density at radius 1 is 1.15 bits per heavy atom. The van der Waals surface area contributed by atoms with E-state index in [-0.39, 0.29) is 41.4 Å². The third-order valence-electron chi connectivity index (χ3n) is 9.22. The van der Waals surface area contributed by atoms with Crippen LogP contribution >= 0.6 is 0 Å². The van der Waals surface area contributed by atoms with Gasteiger partial charge in [-0.3, -0.25) is 19.2 Å². The van der Waals surface area contributed by atoms with Gasteiger partial charge in [0, 0.05) is 56.1 Å². The lowest BCUT2D eigenvalue weighted by Gasteiger charge is -2.42. The van der Waals surface area contributed by atoms with Gasteiger partial charge < -0.3 is 20.3 Å². The smallest absolute Gasteiger partial charge is 0.264 e. The molecule has 48 heavy (non-hydrogen) atoms. The number of pyridine rings is 1. The minimum atomic E-state index is -0.686. The molecule has 2 saturated heterocycles. The Balaban J connectivity index is 1.26. The van der Waals surface area contributed by atoms with Crippen molar-refractivity contribution < 1.29 is 18.7 Å².